The molecular weight excluding hydrogens is 148 g/mol. The highest BCUT2D eigenvalue weighted by atomic mass is 16.5. The van der Waals surface area contributed by atoms with Gasteiger partial charge in [-0.3, -0.25) is 9.59 Å². The van der Waals surface area contributed by atoms with Crippen LogP contribution >= 0.6 is 0 Å². The van der Waals surface area contributed by atoms with Crippen LogP contribution < -0.4 is 0 Å². The van der Waals surface area contributed by atoms with Crippen molar-refractivity contribution in [1.82, 2.24) is 0 Å². The molecule has 4 heteroatoms. The van der Waals surface area contributed by atoms with Crippen LogP contribution in [0.25, 0.3) is 0 Å². The van der Waals surface area contributed by atoms with Gasteiger partial charge in [0.05, 0.1) is 0 Å². The van der Waals surface area contributed by atoms with Crippen LogP contribution in [0.5, 0.6) is 0 Å². The number of hydrogen-bond acceptors (Lipinski definition) is 3. The Bertz CT molecular complexity index is 171. The van der Waals surface area contributed by atoms with E-state index in [0.29, 0.717) is 0 Å². The van der Waals surface area contributed by atoms with E-state index in [4.69, 9.17) is 9.84 Å². The average molecular weight is 158 g/mol. The third-order valence-electron chi connectivity index (χ3n) is 1.65. The highest BCUT2D eigenvalue weighted by Crippen LogP contribution is 2.22. The van der Waals surface area contributed by atoms with Crippen LogP contribution in [-0.4, -0.2) is 23.1 Å². The molecule has 11 heavy (non-hydrogen) atoms. The molecule has 0 radical (unpaired) electrons. The van der Waals surface area contributed by atoms with Crippen molar-refractivity contribution in [2.75, 3.05) is 0 Å². The molecular formula is C7H10O4. The topological polar surface area (TPSA) is 63.6 Å². The van der Waals surface area contributed by atoms with Gasteiger partial charge < -0.3 is 9.84 Å². The molecule has 0 aromatic carbocycles. The Balaban J connectivity index is 2.14. The maximum atomic E-state index is 10.7. The van der Waals surface area contributed by atoms with Crippen molar-refractivity contribution in [2.24, 2.45) is 0 Å². The largest absolute Gasteiger partial charge is 0.481 e. The number of esters is 1. The van der Waals surface area contributed by atoms with E-state index in [0.717, 1.165) is 19.3 Å². The van der Waals surface area contributed by atoms with Crippen LogP contribution in [0.1, 0.15) is 25.7 Å². The third-order valence-corrected chi connectivity index (χ3v) is 1.65. The highest BCUT2D eigenvalue weighted by Gasteiger charge is 2.22. The highest BCUT2D eigenvalue weighted by molar-refractivity contribution is 5.90. The van der Waals surface area contributed by atoms with E-state index < -0.39 is 18.4 Å². The second-order valence-electron chi connectivity index (χ2n) is 2.61. The van der Waals surface area contributed by atoms with E-state index in [1.807, 2.05) is 0 Å². The number of hydrogen-bond donors (Lipinski definition) is 1. The molecule has 0 spiro atoms. The zero-order valence-corrected chi connectivity index (χ0v) is 6.08. The Morgan fingerprint density at radius 2 is 2.09 bits per heavy atom. The Morgan fingerprint density at radius 3 is 2.45 bits per heavy atom. The van der Waals surface area contributed by atoms with Crippen LogP contribution in [0.3, 0.4) is 0 Å². The fourth-order valence-corrected chi connectivity index (χ4v) is 0.840. The van der Waals surface area contributed by atoms with Crippen LogP contribution in [0, 0.1) is 0 Å². The second-order valence-corrected chi connectivity index (χ2v) is 2.61. The maximum absolute atomic E-state index is 10.7. The van der Waals surface area contributed by atoms with E-state index in [1.165, 1.54) is 0 Å². The minimum atomic E-state index is -1.13. The molecule has 0 bridgehead atoms. The minimum Gasteiger partial charge on any atom is -0.481 e. The summed E-state index contributed by atoms with van der Waals surface area (Å²) in [5.41, 5.74) is 0. The molecule has 1 rings (SSSR count). The van der Waals surface area contributed by atoms with Crippen LogP contribution in [0.4, 0.5) is 0 Å². The van der Waals surface area contributed by atoms with E-state index >= 15 is 0 Å². The lowest BCUT2D eigenvalue weighted by Gasteiger charge is -2.24. The molecule has 0 heterocycles. The first-order valence-corrected chi connectivity index (χ1v) is 3.60. The van der Waals surface area contributed by atoms with Gasteiger partial charge in [-0.05, 0) is 19.3 Å². The lowest BCUT2D eigenvalue weighted by atomic mass is 9.96. The van der Waals surface area contributed by atoms with Crippen molar-refractivity contribution < 1.29 is 19.4 Å². The molecule has 1 N–H and O–H groups in total. The van der Waals surface area contributed by atoms with Gasteiger partial charge in [-0.1, -0.05) is 0 Å². The molecule has 0 aliphatic heterocycles. The van der Waals surface area contributed by atoms with Crippen LogP contribution in [0.2, 0.25) is 0 Å². The van der Waals surface area contributed by atoms with Crippen molar-refractivity contribution in [3.63, 3.8) is 0 Å². The van der Waals surface area contributed by atoms with Crippen molar-refractivity contribution in [2.45, 2.75) is 31.8 Å². The number of rotatable bonds is 3. The Labute approximate surface area is 64.2 Å². The van der Waals surface area contributed by atoms with Crippen LogP contribution in [0.15, 0.2) is 0 Å². The summed E-state index contributed by atoms with van der Waals surface area (Å²) in [6.07, 6.45) is 2.31. The minimum absolute atomic E-state index is 0.0122. The standard InChI is InChI=1S/C7H10O4/c8-6(9)4-7(10)11-5-2-1-3-5/h5H,1-4H2,(H,8,9). The second kappa shape index (κ2) is 3.37. The number of carboxylic acids is 1. The fraction of sp³-hybridized carbons (Fsp3) is 0.714. The van der Waals surface area contributed by atoms with E-state index in [9.17, 15) is 9.59 Å². The van der Waals surface area contributed by atoms with Crippen molar-refractivity contribution in [3.8, 4) is 0 Å². The summed E-state index contributed by atoms with van der Waals surface area (Å²) in [5, 5.41) is 8.19. The van der Waals surface area contributed by atoms with Gasteiger partial charge in [-0.15, -0.1) is 0 Å². The first-order valence-electron chi connectivity index (χ1n) is 3.60. The van der Waals surface area contributed by atoms with E-state index in [-0.39, 0.29) is 6.10 Å². The van der Waals surface area contributed by atoms with Gasteiger partial charge in [0.25, 0.3) is 0 Å². The summed E-state index contributed by atoms with van der Waals surface area (Å²) in [6.45, 7) is 0. The van der Waals surface area contributed by atoms with E-state index in [2.05, 4.69) is 0 Å². The average Bonchev–Trinajstić information content (AvgIpc) is 1.77. The van der Waals surface area contributed by atoms with Gasteiger partial charge >= 0.3 is 11.9 Å². The summed E-state index contributed by atoms with van der Waals surface area (Å²) in [7, 11) is 0. The molecule has 0 aromatic rings. The summed E-state index contributed by atoms with van der Waals surface area (Å²) in [5.74, 6) is -1.75. The molecule has 0 amide bonds. The third kappa shape index (κ3) is 2.57. The van der Waals surface area contributed by atoms with Gasteiger partial charge in [-0.2, -0.15) is 0 Å². The molecule has 1 aliphatic rings. The number of aliphatic carboxylic acids is 1. The normalized spacial score (nSPS) is 17.1. The molecule has 1 saturated carbocycles. The van der Waals surface area contributed by atoms with Gasteiger partial charge in [0.2, 0.25) is 0 Å². The molecule has 1 aliphatic carbocycles. The number of carbonyl (C=O) groups is 2. The molecule has 4 nitrogen and oxygen atoms in total. The Kier molecular flexibility index (Phi) is 2.46. The van der Waals surface area contributed by atoms with E-state index in [1.54, 1.807) is 0 Å². The summed E-state index contributed by atoms with van der Waals surface area (Å²) >= 11 is 0. The lowest BCUT2D eigenvalue weighted by molar-refractivity contribution is -0.158. The zero-order valence-electron chi connectivity index (χ0n) is 6.08. The molecule has 0 saturated heterocycles. The molecule has 62 valence electrons. The monoisotopic (exact) mass is 158 g/mol. The first-order chi connectivity index (χ1) is 5.18. The molecule has 0 unspecified atom stereocenters. The van der Waals surface area contributed by atoms with Crippen molar-refractivity contribution >= 4 is 11.9 Å². The number of carbonyl (C=O) groups excluding carboxylic acids is 1. The maximum Gasteiger partial charge on any atom is 0.317 e. The van der Waals surface area contributed by atoms with Crippen LogP contribution in [-0.2, 0) is 14.3 Å². The summed E-state index contributed by atoms with van der Waals surface area (Å²) < 4.78 is 4.78. The Morgan fingerprint density at radius 1 is 1.45 bits per heavy atom. The summed E-state index contributed by atoms with van der Waals surface area (Å²) in [4.78, 5) is 20.7. The zero-order chi connectivity index (χ0) is 8.27. The van der Waals surface area contributed by atoms with Gasteiger partial charge in [0.1, 0.15) is 12.5 Å². The fourth-order valence-electron chi connectivity index (χ4n) is 0.840. The molecule has 0 atom stereocenters. The molecule has 1 fully saturated rings. The number of carboxylic acid groups (broad SMARTS) is 1. The lowest BCUT2D eigenvalue weighted by Crippen LogP contribution is -2.26. The summed E-state index contributed by atoms with van der Waals surface area (Å²) in [6, 6.07) is 0. The van der Waals surface area contributed by atoms with Crippen molar-refractivity contribution in [3.05, 3.63) is 0 Å². The first kappa shape index (κ1) is 8.04. The quantitative estimate of drug-likeness (QED) is 0.481. The van der Waals surface area contributed by atoms with Crippen molar-refractivity contribution in [1.29, 1.82) is 0 Å². The van der Waals surface area contributed by atoms with Gasteiger partial charge in [0.15, 0.2) is 0 Å². The Hall–Kier alpha value is -1.06. The smallest absolute Gasteiger partial charge is 0.317 e. The number of ether oxygens (including phenoxy) is 1. The SMILES string of the molecule is O=C(O)CC(=O)OC1CCC1. The molecule has 0 aromatic heterocycles. The van der Waals surface area contributed by atoms with Gasteiger partial charge in [0, 0.05) is 0 Å². The predicted octanol–water partition coefficient (Wildman–Crippen LogP) is 0.557. The predicted molar refractivity (Wildman–Crippen MR) is 36.0 cm³/mol. The van der Waals surface area contributed by atoms with Gasteiger partial charge in [-0.25, -0.2) is 0 Å².